The molecule has 3 aromatic rings. The number of ether oxygens (including phenoxy) is 1. The van der Waals surface area contributed by atoms with Crippen LogP contribution in [0.5, 0.6) is 11.5 Å². The van der Waals surface area contributed by atoms with Crippen LogP contribution in [0.1, 0.15) is 28.3 Å². The maximum Gasteiger partial charge on any atom is 0.300 e. The van der Waals surface area contributed by atoms with Gasteiger partial charge in [0.1, 0.15) is 17.3 Å². The third-order valence-corrected chi connectivity index (χ3v) is 5.97. The molecule has 1 fully saturated rings. The van der Waals surface area contributed by atoms with Crippen LogP contribution >= 0.6 is 0 Å². The molecule has 0 spiro atoms. The number of phenolic OH excluding ortho intramolecular Hbond substituents is 1. The van der Waals surface area contributed by atoms with Gasteiger partial charge >= 0.3 is 0 Å². The van der Waals surface area contributed by atoms with E-state index in [4.69, 9.17) is 4.74 Å². The van der Waals surface area contributed by atoms with E-state index in [2.05, 4.69) is 0 Å². The van der Waals surface area contributed by atoms with Crippen molar-refractivity contribution in [2.45, 2.75) is 19.4 Å². The van der Waals surface area contributed by atoms with E-state index in [-0.39, 0.29) is 17.1 Å². The van der Waals surface area contributed by atoms with E-state index in [1.54, 1.807) is 42.5 Å². The molecule has 160 valence electrons. The highest BCUT2D eigenvalue weighted by Gasteiger charge is 2.47. The Bertz CT molecular complexity index is 1290. The van der Waals surface area contributed by atoms with Gasteiger partial charge in [-0.05, 0) is 60.0 Å². The normalized spacial score (nSPS) is 19.2. The molecule has 2 heterocycles. The fourth-order valence-corrected chi connectivity index (χ4v) is 4.41. The molecule has 32 heavy (non-hydrogen) atoms. The Kier molecular flexibility index (Phi) is 4.70. The lowest BCUT2D eigenvalue weighted by molar-refractivity contribution is -0.132. The van der Waals surface area contributed by atoms with E-state index in [1.807, 2.05) is 19.1 Å². The summed E-state index contributed by atoms with van der Waals surface area (Å²) in [6, 6.07) is 18.0. The number of hydrogen-bond acceptors (Lipinski definition) is 5. The van der Waals surface area contributed by atoms with Crippen LogP contribution in [0.15, 0.2) is 72.3 Å². The summed E-state index contributed by atoms with van der Waals surface area (Å²) in [5.41, 5.74) is 3.29. The molecular weight excluding hydrogens is 406 g/mol. The van der Waals surface area contributed by atoms with Crippen LogP contribution in [-0.4, -0.2) is 28.5 Å². The average Bonchev–Trinajstić information content (AvgIpc) is 3.36. The Hall–Kier alpha value is -4.06. The molecule has 2 aliphatic rings. The van der Waals surface area contributed by atoms with Gasteiger partial charge in [-0.1, -0.05) is 30.3 Å². The van der Waals surface area contributed by atoms with E-state index in [1.165, 1.54) is 17.0 Å². The second-order valence-electron chi connectivity index (χ2n) is 7.97. The lowest BCUT2D eigenvalue weighted by Gasteiger charge is -2.26. The number of phenols is 1. The molecule has 1 atom stereocenters. The molecular formula is C26H21NO5. The molecule has 2 aliphatic heterocycles. The molecule has 0 aliphatic carbocycles. The number of para-hydroxylation sites is 1. The Labute approximate surface area is 185 Å². The van der Waals surface area contributed by atoms with E-state index < -0.39 is 17.7 Å². The standard InChI is InChI=1S/C26H21NO5/c1-15-5-2-3-8-20(15)27-23(17-6-4-7-19(28)14-17)22(25(30)26(27)31)24(29)18-9-10-21-16(13-18)11-12-32-21/h2-10,13-14,23,28-29H,11-12H2,1H3/b24-22-. The van der Waals surface area contributed by atoms with Crippen LogP contribution in [0.3, 0.4) is 0 Å². The maximum absolute atomic E-state index is 13.2. The summed E-state index contributed by atoms with van der Waals surface area (Å²) >= 11 is 0. The fraction of sp³-hybridized carbons (Fsp3) is 0.154. The van der Waals surface area contributed by atoms with Gasteiger partial charge in [0.25, 0.3) is 11.7 Å². The Balaban J connectivity index is 1.73. The predicted octanol–water partition coefficient (Wildman–Crippen LogP) is 4.26. The zero-order chi connectivity index (χ0) is 22.4. The zero-order valence-electron chi connectivity index (χ0n) is 17.4. The summed E-state index contributed by atoms with van der Waals surface area (Å²) in [4.78, 5) is 27.8. The average molecular weight is 427 g/mol. The van der Waals surface area contributed by atoms with Gasteiger partial charge in [-0.2, -0.15) is 0 Å². The molecule has 6 nitrogen and oxygen atoms in total. The van der Waals surface area contributed by atoms with Crippen LogP contribution in [0.25, 0.3) is 5.76 Å². The lowest BCUT2D eigenvalue weighted by Crippen LogP contribution is -2.30. The van der Waals surface area contributed by atoms with Crippen molar-refractivity contribution in [2.75, 3.05) is 11.5 Å². The molecule has 1 saturated heterocycles. The summed E-state index contributed by atoms with van der Waals surface area (Å²) in [6.07, 6.45) is 0.712. The van der Waals surface area contributed by atoms with Gasteiger partial charge in [0.2, 0.25) is 0 Å². The fourth-order valence-electron chi connectivity index (χ4n) is 4.41. The van der Waals surface area contributed by atoms with E-state index in [0.717, 1.165) is 16.9 Å². The minimum atomic E-state index is -0.882. The van der Waals surface area contributed by atoms with Gasteiger partial charge in [0.15, 0.2) is 0 Å². The van der Waals surface area contributed by atoms with Gasteiger partial charge in [-0.25, -0.2) is 0 Å². The Morgan fingerprint density at radius 1 is 1.03 bits per heavy atom. The van der Waals surface area contributed by atoms with E-state index in [9.17, 15) is 19.8 Å². The highest BCUT2D eigenvalue weighted by atomic mass is 16.5. The van der Waals surface area contributed by atoms with Crippen molar-refractivity contribution in [3.8, 4) is 11.5 Å². The number of Topliss-reactive ketones (excluding diaryl/α,β-unsaturated/α-hetero) is 1. The first-order chi connectivity index (χ1) is 15.5. The van der Waals surface area contributed by atoms with E-state index >= 15 is 0 Å². The van der Waals surface area contributed by atoms with Crippen molar-refractivity contribution >= 4 is 23.1 Å². The summed E-state index contributed by atoms with van der Waals surface area (Å²) in [5.74, 6) is -0.976. The van der Waals surface area contributed by atoms with E-state index in [0.29, 0.717) is 29.8 Å². The van der Waals surface area contributed by atoms with Crippen molar-refractivity contribution in [1.29, 1.82) is 0 Å². The Morgan fingerprint density at radius 2 is 1.84 bits per heavy atom. The number of amides is 1. The molecule has 1 amide bonds. The first-order valence-corrected chi connectivity index (χ1v) is 10.4. The number of ketones is 1. The lowest BCUT2D eigenvalue weighted by atomic mass is 9.94. The van der Waals surface area contributed by atoms with Crippen LogP contribution in [0, 0.1) is 6.92 Å². The van der Waals surface area contributed by atoms with Crippen molar-refractivity contribution < 1.29 is 24.5 Å². The number of carbonyl (C=O) groups is 2. The number of benzene rings is 3. The Morgan fingerprint density at radius 3 is 2.62 bits per heavy atom. The van der Waals surface area contributed by atoms with Gasteiger partial charge in [-0.3, -0.25) is 14.5 Å². The number of aliphatic hydroxyl groups is 1. The van der Waals surface area contributed by atoms with Crippen LogP contribution in [-0.2, 0) is 16.0 Å². The molecule has 0 bridgehead atoms. The minimum absolute atomic E-state index is 0.00699. The summed E-state index contributed by atoms with van der Waals surface area (Å²) < 4.78 is 5.53. The van der Waals surface area contributed by atoms with Crippen LogP contribution < -0.4 is 9.64 Å². The number of aliphatic hydroxyl groups excluding tert-OH is 1. The highest BCUT2D eigenvalue weighted by Crippen LogP contribution is 2.44. The van der Waals surface area contributed by atoms with Gasteiger partial charge in [-0.15, -0.1) is 0 Å². The molecule has 3 aromatic carbocycles. The minimum Gasteiger partial charge on any atom is -0.508 e. The van der Waals surface area contributed by atoms with Crippen molar-refractivity contribution in [3.05, 3.63) is 94.6 Å². The number of hydrogen-bond donors (Lipinski definition) is 2. The van der Waals surface area contributed by atoms with Crippen molar-refractivity contribution in [1.82, 2.24) is 0 Å². The zero-order valence-corrected chi connectivity index (χ0v) is 17.4. The second-order valence-corrected chi connectivity index (χ2v) is 7.97. The molecule has 6 heteroatoms. The smallest absolute Gasteiger partial charge is 0.300 e. The number of anilines is 1. The maximum atomic E-state index is 13.2. The van der Waals surface area contributed by atoms with Crippen LogP contribution in [0.4, 0.5) is 5.69 Å². The topological polar surface area (TPSA) is 87.1 Å². The van der Waals surface area contributed by atoms with Gasteiger partial charge < -0.3 is 14.9 Å². The summed E-state index contributed by atoms with van der Waals surface area (Å²) in [7, 11) is 0. The third-order valence-electron chi connectivity index (χ3n) is 5.97. The first kappa shape index (κ1) is 19.9. The molecule has 0 aromatic heterocycles. The molecule has 0 radical (unpaired) electrons. The van der Waals surface area contributed by atoms with Crippen molar-refractivity contribution in [3.63, 3.8) is 0 Å². The van der Waals surface area contributed by atoms with Crippen LogP contribution in [0.2, 0.25) is 0 Å². The summed E-state index contributed by atoms with van der Waals surface area (Å²) in [6.45, 7) is 2.43. The number of fused-ring (bicyclic) bond motifs is 1. The number of nitrogens with zero attached hydrogens (tertiary/aromatic N) is 1. The molecule has 2 N–H and O–H groups in total. The quantitative estimate of drug-likeness (QED) is 0.371. The number of aryl methyl sites for hydroxylation is 1. The SMILES string of the molecule is Cc1ccccc1N1C(=O)C(=O)/C(=C(\O)c2ccc3c(c2)CCO3)C1c1cccc(O)c1. The monoisotopic (exact) mass is 427 g/mol. The first-order valence-electron chi connectivity index (χ1n) is 10.4. The predicted molar refractivity (Wildman–Crippen MR) is 120 cm³/mol. The third kappa shape index (κ3) is 3.12. The number of rotatable bonds is 3. The molecule has 5 rings (SSSR count). The second kappa shape index (κ2) is 7.57. The molecule has 1 unspecified atom stereocenters. The molecule has 0 saturated carbocycles. The number of aromatic hydroxyl groups is 1. The largest absolute Gasteiger partial charge is 0.508 e. The van der Waals surface area contributed by atoms with Crippen molar-refractivity contribution in [2.24, 2.45) is 0 Å². The van der Waals surface area contributed by atoms with Gasteiger partial charge in [0.05, 0.1) is 18.2 Å². The highest BCUT2D eigenvalue weighted by molar-refractivity contribution is 6.51. The van der Waals surface area contributed by atoms with Gasteiger partial charge in [0, 0.05) is 17.7 Å². The number of carbonyl (C=O) groups excluding carboxylic acids is 2. The summed E-state index contributed by atoms with van der Waals surface area (Å²) in [5, 5.41) is 21.3.